The minimum absolute atomic E-state index is 0.0153. The number of ketones is 1. The lowest BCUT2D eigenvalue weighted by Gasteiger charge is -2.13. The second-order valence-corrected chi connectivity index (χ2v) is 10.4. The van der Waals surface area contributed by atoms with E-state index in [9.17, 15) is 23.8 Å². The first-order chi connectivity index (χ1) is 19.6. The maximum Gasteiger partial charge on any atom is 0.472 e. The smallest absolute Gasteiger partial charge is 0.472 e. The molecule has 0 aliphatic rings. The molecule has 218 valence electrons. The fraction of sp³-hybridized carbons (Fsp3) is 0.276. The Labute approximate surface area is 237 Å². The van der Waals surface area contributed by atoms with Crippen molar-refractivity contribution in [1.82, 2.24) is 0 Å². The summed E-state index contributed by atoms with van der Waals surface area (Å²) in [7, 11) is -4.45. The Hall–Kier alpha value is -3.86. The monoisotopic (exact) mass is 585 g/mol. The molecule has 0 spiro atoms. The van der Waals surface area contributed by atoms with Crippen LogP contribution in [0.15, 0.2) is 78.9 Å². The number of Topliss-reactive ketones (excluding diaryl/α,β-unsaturated/α-hetero) is 1. The molecule has 4 N–H and O–H groups in total. The van der Waals surface area contributed by atoms with Crippen molar-refractivity contribution in [2.45, 2.75) is 31.7 Å². The molecule has 11 nitrogen and oxygen atoms in total. The largest absolute Gasteiger partial charge is 0.480 e. The molecule has 0 aliphatic heterocycles. The Kier molecular flexibility index (Phi) is 12.2. The number of hydrogen-bond acceptors (Lipinski definition) is 9. The second kappa shape index (κ2) is 15.8. The Morgan fingerprint density at radius 1 is 0.829 bits per heavy atom. The van der Waals surface area contributed by atoms with E-state index in [0.717, 1.165) is 11.1 Å². The van der Waals surface area contributed by atoms with Crippen molar-refractivity contribution in [2.75, 3.05) is 19.8 Å². The highest BCUT2D eigenvalue weighted by Crippen LogP contribution is 2.43. The van der Waals surface area contributed by atoms with Crippen LogP contribution in [0.1, 0.15) is 24.8 Å². The molecule has 0 saturated heterocycles. The highest BCUT2D eigenvalue weighted by molar-refractivity contribution is 7.47. The number of carboxylic acids is 1. The van der Waals surface area contributed by atoms with Gasteiger partial charge in [-0.3, -0.25) is 23.4 Å². The van der Waals surface area contributed by atoms with Gasteiger partial charge in [0.15, 0.2) is 0 Å². The van der Waals surface area contributed by atoms with Gasteiger partial charge >= 0.3 is 19.8 Å². The van der Waals surface area contributed by atoms with Gasteiger partial charge < -0.3 is 25.2 Å². The number of rotatable bonds is 17. The van der Waals surface area contributed by atoms with E-state index >= 15 is 0 Å². The van der Waals surface area contributed by atoms with Gasteiger partial charge in [0.2, 0.25) is 0 Å². The molecule has 3 rings (SSSR count). The Bertz CT molecular complexity index is 1350. The predicted octanol–water partition coefficient (Wildman–Crippen LogP) is 4.52. The molecule has 0 radical (unpaired) electrons. The highest BCUT2D eigenvalue weighted by atomic mass is 31.2. The van der Waals surface area contributed by atoms with Crippen LogP contribution in [0.25, 0.3) is 11.1 Å². The number of ether oxygens (including phenoxy) is 2. The summed E-state index contributed by atoms with van der Waals surface area (Å²) in [5.41, 5.74) is 7.97. The number of carbonyl (C=O) groups excluding carboxylic acids is 2. The molecule has 0 saturated carbocycles. The van der Waals surface area contributed by atoms with Gasteiger partial charge in [-0.2, -0.15) is 0 Å². The number of phosphoric acid groups is 1. The highest BCUT2D eigenvalue weighted by Gasteiger charge is 2.24. The summed E-state index contributed by atoms with van der Waals surface area (Å²) in [6.07, 6.45) is 0.115. The van der Waals surface area contributed by atoms with Gasteiger partial charge in [-0.1, -0.05) is 60.7 Å². The number of hydrogen-bond donors (Lipinski definition) is 3. The molecule has 1 unspecified atom stereocenters. The van der Waals surface area contributed by atoms with Crippen LogP contribution >= 0.6 is 7.82 Å². The van der Waals surface area contributed by atoms with Gasteiger partial charge in [-0.15, -0.1) is 0 Å². The van der Waals surface area contributed by atoms with Crippen LogP contribution in [0.4, 0.5) is 0 Å². The van der Waals surface area contributed by atoms with Crippen molar-refractivity contribution >= 4 is 25.5 Å². The molecule has 0 fully saturated rings. The zero-order valence-corrected chi connectivity index (χ0v) is 23.1. The molecule has 3 aromatic carbocycles. The first-order valence-corrected chi connectivity index (χ1v) is 14.3. The molecule has 0 amide bonds. The summed E-state index contributed by atoms with van der Waals surface area (Å²) in [4.78, 5) is 44.7. The number of nitrogens with two attached hydrogens (primary N) is 1. The molecule has 0 aliphatic carbocycles. The lowest BCUT2D eigenvalue weighted by molar-refractivity contribution is -0.146. The predicted molar refractivity (Wildman–Crippen MR) is 149 cm³/mol. The molecule has 0 aromatic heterocycles. The summed E-state index contributed by atoms with van der Waals surface area (Å²) >= 11 is 0. The van der Waals surface area contributed by atoms with E-state index in [4.69, 9.17) is 24.8 Å². The number of carboxylic acid groups (broad SMARTS) is 1. The number of esters is 1. The van der Waals surface area contributed by atoms with E-state index in [1.54, 1.807) is 24.3 Å². The first kappa shape index (κ1) is 31.7. The summed E-state index contributed by atoms with van der Waals surface area (Å²) < 4.78 is 32.0. The molecule has 12 heteroatoms. The molecule has 0 heterocycles. The van der Waals surface area contributed by atoms with Crippen LogP contribution < -0.4 is 10.5 Å². The van der Waals surface area contributed by atoms with Crippen molar-refractivity contribution in [3.05, 3.63) is 84.4 Å². The minimum Gasteiger partial charge on any atom is -0.480 e. The molecule has 3 aromatic rings. The maximum atomic E-state index is 12.5. The van der Waals surface area contributed by atoms with Gasteiger partial charge in [-0.05, 0) is 42.2 Å². The maximum absolute atomic E-state index is 12.5. The van der Waals surface area contributed by atoms with E-state index in [1.807, 2.05) is 54.6 Å². The van der Waals surface area contributed by atoms with E-state index in [0.29, 0.717) is 23.5 Å². The third-order valence-electron chi connectivity index (χ3n) is 5.68. The number of benzene rings is 3. The fourth-order valence-corrected chi connectivity index (χ4v) is 4.35. The quantitative estimate of drug-likeness (QED) is 0.0880. The Balaban J connectivity index is 1.38. The van der Waals surface area contributed by atoms with E-state index in [2.05, 4.69) is 4.52 Å². The van der Waals surface area contributed by atoms with Crippen molar-refractivity contribution in [2.24, 2.45) is 5.73 Å². The number of aliphatic carboxylic acids is 1. The van der Waals surface area contributed by atoms with Crippen molar-refractivity contribution in [1.29, 1.82) is 0 Å². The van der Waals surface area contributed by atoms with Gasteiger partial charge in [0, 0.05) is 12.0 Å². The average molecular weight is 586 g/mol. The Morgan fingerprint density at radius 2 is 1.46 bits per heavy atom. The van der Waals surface area contributed by atoms with Gasteiger partial charge in [-0.25, -0.2) is 4.57 Å². The van der Waals surface area contributed by atoms with Gasteiger partial charge in [0.05, 0.1) is 19.8 Å². The number of para-hydroxylation sites is 1. The Morgan fingerprint density at radius 3 is 2.17 bits per heavy atom. The summed E-state index contributed by atoms with van der Waals surface area (Å²) in [6.45, 7) is -0.903. The third-order valence-corrected chi connectivity index (χ3v) is 6.67. The zero-order chi connectivity index (χ0) is 29.7. The number of carbonyl (C=O) groups is 3. The molecule has 41 heavy (non-hydrogen) atoms. The second-order valence-electron chi connectivity index (χ2n) is 8.96. The molecular weight excluding hydrogens is 553 g/mol. The SMILES string of the molecule is N[C@@H](COP(=O)(O)OCCCCOC(=O)CC(=O)Cc1ccccc1Oc1ccc(-c2ccccc2)cc1)C(=O)O. The summed E-state index contributed by atoms with van der Waals surface area (Å²) in [6, 6.07) is 23.2. The molecule has 0 bridgehead atoms. The van der Waals surface area contributed by atoms with Crippen molar-refractivity contribution < 1.29 is 47.5 Å². The molecular formula is C29H32NO10P. The summed E-state index contributed by atoms with van der Waals surface area (Å²) in [5, 5.41) is 8.64. The van der Waals surface area contributed by atoms with Crippen LogP contribution in [0.5, 0.6) is 11.5 Å². The minimum atomic E-state index is -4.45. The van der Waals surface area contributed by atoms with Crippen LogP contribution in [-0.4, -0.2) is 53.6 Å². The van der Waals surface area contributed by atoms with E-state index in [-0.39, 0.29) is 31.8 Å². The molecule has 2 atom stereocenters. The van der Waals surface area contributed by atoms with Gasteiger partial charge in [0.1, 0.15) is 29.7 Å². The topological polar surface area (TPSA) is 172 Å². The van der Waals surface area contributed by atoms with Crippen molar-refractivity contribution in [3.8, 4) is 22.6 Å². The summed E-state index contributed by atoms with van der Waals surface area (Å²) in [5.74, 6) is -1.29. The van der Waals surface area contributed by atoms with E-state index in [1.165, 1.54) is 0 Å². The van der Waals surface area contributed by atoms with E-state index < -0.39 is 38.8 Å². The van der Waals surface area contributed by atoms with Crippen LogP contribution in [0.3, 0.4) is 0 Å². The van der Waals surface area contributed by atoms with Crippen LogP contribution in [-0.2, 0) is 39.2 Å². The van der Waals surface area contributed by atoms with Crippen molar-refractivity contribution in [3.63, 3.8) is 0 Å². The third kappa shape index (κ3) is 11.3. The average Bonchev–Trinajstić information content (AvgIpc) is 2.95. The fourth-order valence-electron chi connectivity index (χ4n) is 3.56. The van der Waals surface area contributed by atoms with Gasteiger partial charge in [0.25, 0.3) is 0 Å². The van der Waals surface area contributed by atoms with Crippen LogP contribution in [0.2, 0.25) is 0 Å². The lowest BCUT2D eigenvalue weighted by Crippen LogP contribution is -2.34. The normalized spacial score (nSPS) is 13.1. The van der Waals surface area contributed by atoms with Crippen LogP contribution in [0, 0.1) is 0 Å². The number of unbranched alkanes of at least 4 members (excludes halogenated alkanes) is 1. The number of phosphoric ester groups is 1. The standard InChI is InChI=1S/C29H32NO10P/c30-26(29(33)34)20-39-41(35,36)38-17-7-6-16-37-28(32)19-24(31)18-23-10-4-5-11-27(23)40-25-14-12-22(13-15-25)21-8-2-1-3-9-21/h1-5,8-15,26H,6-7,16-20,30H2,(H,33,34)(H,35,36)/t26-/m0/s1. The zero-order valence-electron chi connectivity index (χ0n) is 22.2. The first-order valence-electron chi connectivity index (χ1n) is 12.8. The lowest BCUT2D eigenvalue weighted by atomic mass is 10.1.